The molecule has 3 aliphatic rings. The maximum atomic E-state index is 3.91. The van der Waals surface area contributed by atoms with Gasteiger partial charge in [-0.25, -0.2) is 0 Å². The molecule has 0 bridgehead atoms. The minimum atomic E-state index is 0.804. The molecule has 3 fully saturated rings. The Morgan fingerprint density at radius 1 is 1.12 bits per heavy atom. The second-order valence-corrected chi connectivity index (χ2v) is 7.27. The van der Waals surface area contributed by atoms with E-state index < -0.39 is 0 Å². The molecular formula is C13H24N2S. The highest BCUT2D eigenvalue weighted by Gasteiger charge is 2.33. The van der Waals surface area contributed by atoms with Crippen LogP contribution < -0.4 is 5.32 Å². The fraction of sp³-hybridized carbons (Fsp3) is 1.00. The van der Waals surface area contributed by atoms with Crippen LogP contribution in [0.2, 0.25) is 0 Å². The summed E-state index contributed by atoms with van der Waals surface area (Å²) < 4.78 is 0. The molecule has 3 aliphatic heterocycles. The maximum Gasteiger partial charge on any atom is 0.0171 e. The molecule has 0 aliphatic carbocycles. The summed E-state index contributed by atoms with van der Waals surface area (Å²) in [6.07, 6.45) is 7.07. The van der Waals surface area contributed by atoms with Crippen LogP contribution in [0.15, 0.2) is 0 Å². The Balaban J connectivity index is 1.49. The van der Waals surface area contributed by atoms with Gasteiger partial charge < -0.3 is 10.2 Å². The van der Waals surface area contributed by atoms with Crippen LogP contribution in [-0.4, -0.2) is 47.1 Å². The molecule has 4 atom stereocenters. The van der Waals surface area contributed by atoms with Crippen LogP contribution in [0.25, 0.3) is 0 Å². The largest absolute Gasteiger partial charge is 0.310 e. The lowest BCUT2D eigenvalue weighted by atomic mass is 9.96. The van der Waals surface area contributed by atoms with E-state index in [9.17, 15) is 0 Å². The van der Waals surface area contributed by atoms with E-state index in [-0.39, 0.29) is 0 Å². The summed E-state index contributed by atoms with van der Waals surface area (Å²) in [4.78, 5) is 2.71. The molecular weight excluding hydrogens is 216 g/mol. The van der Waals surface area contributed by atoms with Gasteiger partial charge in [0.2, 0.25) is 0 Å². The molecule has 0 aromatic heterocycles. The third-order valence-electron chi connectivity index (χ3n) is 4.49. The Morgan fingerprint density at radius 2 is 2.06 bits per heavy atom. The first-order chi connectivity index (χ1) is 7.81. The number of hydrogen-bond donors (Lipinski definition) is 1. The van der Waals surface area contributed by atoms with Crippen molar-refractivity contribution in [2.45, 2.75) is 62.4 Å². The van der Waals surface area contributed by atoms with Crippen LogP contribution in [0.4, 0.5) is 0 Å². The number of piperidine rings is 1. The van der Waals surface area contributed by atoms with Crippen LogP contribution in [0.5, 0.6) is 0 Å². The summed E-state index contributed by atoms with van der Waals surface area (Å²) in [5.74, 6) is 1.34. The number of thioether (sulfide) groups is 1. The highest BCUT2D eigenvalue weighted by Crippen LogP contribution is 2.30. The molecule has 3 saturated heterocycles. The zero-order valence-electron chi connectivity index (χ0n) is 10.3. The zero-order chi connectivity index (χ0) is 11.0. The van der Waals surface area contributed by atoms with Gasteiger partial charge in [-0.15, -0.1) is 0 Å². The maximum absolute atomic E-state index is 3.91. The van der Waals surface area contributed by atoms with Crippen LogP contribution in [0, 0.1) is 0 Å². The van der Waals surface area contributed by atoms with Gasteiger partial charge >= 0.3 is 0 Å². The Labute approximate surface area is 104 Å². The predicted octanol–water partition coefficient (Wildman–Crippen LogP) is 2.10. The van der Waals surface area contributed by atoms with Gasteiger partial charge in [0.05, 0.1) is 0 Å². The predicted molar refractivity (Wildman–Crippen MR) is 71.1 cm³/mol. The van der Waals surface area contributed by atoms with Crippen molar-refractivity contribution in [2.24, 2.45) is 0 Å². The second kappa shape index (κ2) is 4.87. The van der Waals surface area contributed by atoms with Gasteiger partial charge in [0.25, 0.3) is 0 Å². The molecule has 0 spiro atoms. The van der Waals surface area contributed by atoms with Gasteiger partial charge in [-0.05, 0) is 45.2 Å². The highest BCUT2D eigenvalue weighted by molar-refractivity contribution is 8.00. The van der Waals surface area contributed by atoms with Gasteiger partial charge in [-0.2, -0.15) is 11.8 Å². The van der Waals surface area contributed by atoms with E-state index in [4.69, 9.17) is 0 Å². The quantitative estimate of drug-likeness (QED) is 0.796. The van der Waals surface area contributed by atoms with Crippen molar-refractivity contribution in [2.75, 3.05) is 18.8 Å². The average molecular weight is 240 g/mol. The molecule has 0 aromatic rings. The van der Waals surface area contributed by atoms with E-state index in [2.05, 4.69) is 28.9 Å². The van der Waals surface area contributed by atoms with Crippen molar-refractivity contribution in [3.63, 3.8) is 0 Å². The van der Waals surface area contributed by atoms with E-state index in [1.807, 2.05) is 0 Å². The van der Waals surface area contributed by atoms with Gasteiger partial charge in [-0.1, -0.05) is 6.92 Å². The fourth-order valence-electron chi connectivity index (χ4n) is 3.64. The Morgan fingerprint density at radius 3 is 2.88 bits per heavy atom. The highest BCUT2D eigenvalue weighted by atomic mass is 32.2. The lowest BCUT2D eigenvalue weighted by molar-refractivity contribution is 0.162. The molecule has 0 amide bonds. The molecule has 2 nitrogen and oxygen atoms in total. The van der Waals surface area contributed by atoms with E-state index in [1.165, 1.54) is 50.9 Å². The van der Waals surface area contributed by atoms with Crippen molar-refractivity contribution in [3.8, 4) is 0 Å². The standard InChI is InChI=1S/C13H24N2S/c1-10-7-12(9-16-10)14-11-4-6-15-5-2-3-13(15)8-11/h10-14H,2-9H2,1H3. The van der Waals surface area contributed by atoms with Gasteiger partial charge in [0.15, 0.2) is 0 Å². The first kappa shape index (κ1) is 11.4. The van der Waals surface area contributed by atoms with E-state index in [1.54, 1.807) is 0 Å². The fourth-order valence-corrected chi connectivity index (χ4v) is 4.80. The third kappa shape index (κ3) is 2.41. The second-order valence-electron chi connectivity index (χ2n) is 5.80. The Hall–Kier alpha value is 0.270. The molecule has 16 heavy (non-hydrogen) atoms. The SMILES string of the molecule is CC1CC(NC2CCN3CCCC3C2)CS1. The first-order valence-corrected chi connectivity index (χ1v) is 7.98. The summed E-state index contributed by atoms with van der Waals surface area (Å²) in [5.41, 5.74) is 0. The minimum Gasteiger partial charge on any atom is -0.310 e. The molecule has 4 unspecified atom stereocenters. The zero-order valence-corrected chi connectivity index (χ0v) is 11.1. The van der Waals surface area contributed by atoms with E-state index in [0.717, 1.165) is 23.4 Å². The summed E-state index contributed by atoms with van der Waals surface area (Å²) in [5, 5.41) is 4.79. The van der Waals surface area contributed by atoms with Crippen molar-refractivity contribution in [1.82, 2.24) is 10.2 Å². The topological polar surface area (TPSA) is 15.3 Å². The molecule has 0 saturated carbocycles. The van der Waals surface area contributed by atoms with Gasteiger partial charge in [0.1, 0.15) is 0 Å². The van der Waals surface area contributed by atoms with Crippen molar-refractivity contribution in [3.05, 3.63) is 0 Å². The molecule has 3 rings (SSSR count). The van der Waals surface area contributed by atoms with Crippen LogP contribution in [-0.2, 0) is 0 Å². The first-order valence-electron chi connectivity index (χ1n) is 6.93. The van der Waals surface area contributed by atoms with Crippen molar-refractivity contribution >= 4 is 11.8 Å². The van der Waals surface area contributed by atoms with Crippen LogP contribution in [0.1, 0.15) is 39.0 Å². The molecule has 0 aromatic carbocycles. The van der Waals surface area contributed by atoms with Crippen LogP contribution >= 0.6 is 11.8 Å². The Bertz CT molecular complexity index is 246. The molecule has 3 heteroatoms. The van der Waals surface area contributed by atoms with Crippen molar-refractivity contribution in [1.29, 1.82) is 0 Å². The van der Waals surface area contributed by atoms with Crippen molar-refractivity contribution < 1.29 is 0 Å². The smallest absolute Gasteiger partial charge is 0.0171 e. The number of hydrogen-bond acceptors (Lipinski definition) is 3. The minimum absolute atomic E-state index is 0.804. The Kier molecular flexibility index (Phi) is 3.46. The number of rotatable bonds is 2. The summed E-state index contributed by atoms with van der Waals surface area (Å²) in [7, 11) is 0. The lowest BCUT2D eigenvalue weighted by Crippen LogP contribution is -2.48. The molecule has 0 radical (unpaired) electrons. The van der Waals surface area contributed by atoms with Gasteiger partial charge in [0, 0.05) is 29.1 Å². The normalized spacial score (nSPS) is 44.8. The molecule has 3 heterocycles. The average Bonchev–Trinajstić information content (AvgIpc) is 2.87. The molecule has 92 valence electrons. The van der Waals surface area contributed by atoms with E-state index in [0.29, 0.717) is 0 Å². The lowest BCUT2D eigenvalue weighted by Gasteiger charge is -2.36. The third-order valence-corrected chi connectivity index (χ3v) is 5.85. The summed E-state index contributed by atoms with van der Waals surface area (Å²) in [6, 6.07) is 2.53. The van der Waals surface area contributed by atoms with Gasteiger partial charge in [-0.3, -0.25) is 0 Å². The van der Waals surface area contributed by atoms with Crippen LogP contribution in [0.3, 0.4) is 0 Å². The number of fused-ring (bicyclic) bond motifs is 1. The summed E-state index contributed by atoms with van der Waals surface area (Å²) >= 11 is 2.14. The molecule has 1 N–H and O–H groups in total. The number of nitrogens with one attached hydrogen (secondary N) is 1. The van der Waals surface area contributed by atoms with E-state index >= 15 is 0 Å². The summed E-state index contributed by atoms with van der Waals surface area (Å²) in [6.45, 7) is 5.08. The monoisotopic (exact) mass is 240 g/mol. The number of nitrogens with zero attached hydrogens (tertiary/aromatic N) is 1.